The maximum absolute atomic E-state index is 5.36. The van der Waals surface area contributed by atoms with Gasteiger partial charge >= 0.3 is 0 Å². The normalized spacial score (nSPS) is 18.6. The first-order valence-electron chi connectivity index (χ1n) is 7.01. The predicted molar refractivity (Wildman–Crippen MR) is 76.4 cm³/mol. The first-order valence-corrected chi connectivity index (χ1v) is 7.01. The third-order valence-electron chi connectivity index (χ3n) is 4.33. The van der Waals surface area contributed by atoms with E-state index in [-0.39, 0.29) is 0 Å². The number of nitrogens with one attached hydrogen (secondary N) is 1. The van der Waals surface area contributed by atoms with Gasteiger partial charge in [0.25, 0.3) is 0 Å². The zero-order chi connectivity index (χ0) is 13.0. The molecule has 0 amide bonds. The number of likely N-dealkylation sites (N-methyl/N-ethyl adjacent to an activating group) is 1. The van der Waals surface area contributed by atoms with E-state index in [1.165, 1.54) is 43.2 Å². The molecule has 0 aliphatic heterocycles. The highest BCUT2D eigenvalue weighted by molar-refractivity contribution is 5.40. The lowest BCUT2D eigenvalue weighted by molar-refractivity contribution is 0.285. The molecule has 2 heteroatoms. The summed E-state index contributed by atoms with van der Waals surface area (Å²) in [5.74, 6) is 0.995. The second kappa shape index (κ2) is 5.75. The molecule has 2 nitrogen and oxygen atoms in total. The van der Waals surface area contributed by atoms with Crippen molar-refractivity contribution in [2.75, 3.05) is 20.7 Å². The fourth-order valence-electron chi connectivity index (χ4n) is 3.34. The van der Waals surface area contributed by atoms with Crippen molar-refractivity contribution in [3.8, 4) is 5.75 Å². The largest absolute Gasteiger partial charge is 0.496 e. The molecule has 0 unspecified atom stereocenters. The highest BCUT2D eigenvalue weighted by Gasteiger charge is 2.33. The van der Waals surface area contributed by atoms with Crippen molar-refractivity contribution in [2.24, 2.45) is 0 Å². The Kier molecular flexibility index (Phi) is 4.28. The van der Waals surface area contributed by atoms with Gasteiger partial charge in [-0.3, -0.25) is 0 Å². The van der Waals surface area contributed by atoms with Gasteiger partial charge in [-0.1, -0.05) is 31.4 Å². The van der Waals surface area contributed by atoms with Crippen LogP contribution in [0.25, 0.3) is 0 Å². The number of hydrogen-bond acceptors (Lipinski definition) is 2. The molecule has 1 aliphatic carbocycles. The summed E-state index contributed by atoms with van der Waals surface area (Å²) in [4.78, 5) is 0. The molecular weight excluding hydrogens is 222 g/mol. The van der Waals surface area contributed by atoms with Crippen molar-refractivity contribution >= 4 is 0 Å². The lowest BCUT2D eigenvalue weighted by atomic mass is 9.69. The Hall–Kier alpha value is -1.02. The van der Waals surface area contributed by atoms with Crippen LogP contribution in [0.5, 0.6) is 5.75 Å². The van der Waals surface area contributed by atoms with E-state index in [2.05, 4.69) is 37.5 Å². The number of methoxy groups -OCH3 is 1. The minimum absolute atomic E-state index is 0.337. The SMILES string of the molecule is CNCC1(c2ccc(OC)c(C)c2)CCCCC1. The van der Waals surface area contributed by atoms with E-state index in [1.807, 2.05) is 0 Å². The summed E-state index contributed by atoms with van der Waals surface area (Å²) in [7, 11) is 3.80. The Morgan fingerprint density at radius 3 is 2.50 bits per heavy atom. The first-order chi connectivity index (χ1) is 8.72. The molecule has 1 N–H and O–H groups in total. The van der Waals surface area contributed by atoms with E-state index in [0.29, 0.717) is 5.41 Å². The van der Waals surface area contributed by atoms with Gasteiger partial charge in [-0.2, -0.15) is 0 Å². The number of rotatable bonds is 4. The number of aryl methyl sites for hydroxylation is 1. The second-order valence-electron chi connectivity index (χ2n) is 5.56. The van der Waals surface area contributed by atoms with Gasteiger partial charge in [0.2, 0.25) is 0 Å². The van der Waals surface area contributed by atoms with Crippen molar-refractivity contribution in [3.63, 3.8) is 0 Å². The molecule has 1 saturated carbocycles. The highest BCUT2D eigenvalue weighted by Crippen LogP contribution is 2.40. The molecule has 0 aromatic heterocycles. The highest BCUT2D eigenvalue weighted by atomic mass is 16.5. The van der Waals surface area contributed by atoms with Gasteiger partial charge in [-0.15, -0.1) is 0 Å². The van der Waals surface area contributed by atoms with E-state index >= 15 is 0 Å². The average molecular weight is 247 g/mol. The molecule has 0 saturated heterocycles. The summed E-state index contributed by atoms with van der Waals surface area (Å²) in [6, 6.07) is 6.70. The Labute approximate surface area is 111 Å². The van der Waals surface area contributed by atoms with Crippen LogP contribution in [0, 0.1) is 6.92 Å². The van der Waals surface area contributed by atoms with Crippen molar-refractivity contribution in [2.45, 2.75) is 44.4 Å². The van der Waals surface area contributed by atoms with Gasteiger partial charge in [0.15, 0.2) is 0 Å². The Balaban J connectivity index is 2.33. The summed E-state index contributed by atoms with van der Waals surface area (Å²) in [5, 5.41) is 3.39. The van der Waals surface area contributed by atoms with E-state index in [9.17, 15) is 0 Å². The Morgan fingerprint density at radius 2 is 1.94 bits per heavy atom. The van der Waals surface area contributed by atoms with E-state index in [0.717, 1.165) is 12.3 Å². The van der Waals surface area contributed by atoms with Crippen LogP contribution in [0.1, 0.15) is 43.2 Å². The summed E-state index contributed by atoms with van der Waals surface area (Å²) >= 11 is 0. The van der Waals surface area contributed by atoms with Crippen LogP contribution < -0.4 is 10.1 Å². The quantitative estimate of drug-likeness (QED) is 0.880. The standard InChI is InChI=1S/C16H25NO/c1-13-11-14(7-8-15(13)18-3)16(12-17-2)9-5-4-6-10-16/h7-8,11,17H,4-6,9-10,12H2,1-3H3. The molecule has 0 bridgehead atoms. The molecule has 18 heavy (non-hydrogen) atoms. The van der Waals surface area contributed by atoms with Crippen molar-refractivity contribution in [1.29, 1.82) is 0 Å². The predicted octanol–water partition coefficient (Wildman–Crippen LogP) is 3.42. The molecule has 0 radical (unpaired) electrons. The molecule has 0 atom stereocenters. The third kappa shape index (κ3) is 2.54. The molecular formula is C16H25NO. The molecule has 2 rings (SSSR count). The van der Waals surface area contributed by atoms with Crippen LogP contribution in [0.4, 0.5) is 0 Å². The monoisotopic (exact) mass is 247 g/mol. The van der Waals surface area contributed by atoms with Crippen LogP contribution in [0.15, 0.2) is 18.2 Å². The van der Waals surface area contributed by atoms with E-state index < -0.39 is 0 Å². The minimum atomic E-state index is 0.337. The fourth-order valence-corrected chi connectivity index (χ4v) is 3.34. The topological polar surface area (TPSA) is 21.3 Å². The van der Waals surface area contributed by atoms with Gasteiger partial charge in [0.05, 0.1) is 7.11 Å². The molecule has 0 heterocycles. The smallest absolute Gasteiger partial charge is 0.121 e. The van der Waals surface area contributed by atoms with Crippen molar-refractivity contribution in [3.05, 3.63) is 29.3 Å². The molecule has 1 aromatic carbocycles. The Morgan fingerprint density at radius 1 is 1.22 bits per heavy atom. The second-order valence-corrected chi connectivity index (χ2v) is 5.56. The third-order valence-corrected chi connectivity index (χ3v) is 4.33. The van der Waals surface area contributed by atoms with Crippen LogP contribution in [0.2, 0.25) is 0 Å². The van der Waals surface area contributed by atoms with Crippen LogP contribution >= 0.6 is 0 Å². The van der Waals surface area contributed by atoms with Gasteiger partial charge in [0.1, 0.15) is 5.75 Å². The number of hydrogen-bond donors (Lipinski definition) is 1. The minimum Gasteiger partial charge on any atom is -0.496 e. The lowest BCUT2D eigenvalue weighted by Gasteiger charge is -2.38. The van der Waals surface area contributed by atoms with Crippen LogP contribution in [-0.2, 0) is 5.41 Å². The van der Waals surface area contributed by atoms with Gasteiger partial charge < -0.3 is 10.1 Å². The van der Waals surface area contributed by atoms with Gasteiger partial charge in [-0.05, 0) is 44.0 Å². The zero-order valence-electron chi connectivity index (χ0n) is 11.9. The molecule has 1 aliphatic rings. The summed E-state index contributed by atoms with van der Waals surface area (Å²) in [6.45, 7) is 3.22. The number of ether oxygens (including phenoxy) is 1. The summed E-state index contributed by atoms with van der Waals surface area (Å²) in [6.07, 6.45) is 6.71. The van der Waals surface area contributed by atoms with E-state index in [1.54, 1.807) is 7.11 Å². The average Bonchev–Trinajstić information content (AvgIpc) is 2.40. The van der Waals surface area contributed by atoms with Crippen molar-refractivity contribution in [1.82, 2.24) is 5.32 Å². The maximum atomic E-state index is 5.36. The summed E-state index contributed by atoms with van der Waals surface area (Å²) in [5.41, 5.74) is 3.07. The number of benzene rings is 1. The molecule has 100 valence electrons. The molecule has 1 aromatic rings. The summed E-state index contributed by atoms with van der Waals surface area (Å²) < 4.78 is 5.36. The van der Waals surface area contributed by atoms with Crippen LogP contribution in [0.3, 0.4) is 0 Å². The zero-order valence-corrected chi connectivity index (χ0v) is 11.9. The first kappa shape index (κ1) is 13.4. The van der Waals surface area contributed by atoms with Gasteiger partial charge in [0, 0.05) is 12.0 Å². The molecule has 1 fully saturated rings. The maximum Gasteiger partial charge on any atom is 0.121 e. The van der Waals surface area contributed by atoms with E-state index in [4.69, 9.17) is 4.74 Å². The fraction of sp³-hybridized carbons (Fsp3) is 0.625. The molecule has 0 spiro atoms. The van der Waals surface area contributed by atoms with Gasteiger partial charge in [-0.25, -0.2) is 0 Å². The Bertz CT molecular complexity index is 389. The lowest BCUT2D eigenvalue weighted by Crippen LogP contribution is -2.38. The van der Waals surface area contributed by atoms with Crippen molar-refractivity contribution < 1.29 is 4.74 Å². The van der Waals surface area contributed by atoms with Crippen LogP contribution in [-0.4, -0.2) is 20.7 Å².